The third-order valence-electron chi connectivity index (χ3n) is 5.05. The van der Waals surface area contributed by atoms with Gasteiger partial charge in [0, 0.05) is 41.0 Å². The van der Waals surface area contributed by atoms with Gasteiger partial charge >= 0.3 is 0 Å². The molecule has 0 saturated carbocycles. The first-order chi connectivity index (χ1) is 14.1. The summed E-state index contributed by atoms with van der Waals surface area (Å²) in [5, 5.41) is 4.43. The maximum atomic E-state index is 14.6. The van der Waals surface area contributed by atoms with Crippen LogP contribution < -0.4 is 5.32 Å². The quantitative estimate of drug-likeness (QED) is 0.417. The second-order valence-electron chi connectivity index (χ2n) is 6.97. The second-order valence-corrected chi connectivity index (χ2v) is 7.41. The van der Waals surface area contributed by atoms with E-state index in [2.05, 4.69) is 10.3 Å². The molecule has 1 amide bonds. The number of H-pyrrole nitrogens is 1. The number of carbonyl (C=O) groups excluding carboxylic acids is 1. The first-order valence-corrected chi connectivity index (χ1v) is 9.81. The molecule has 1 atom stereocenters. The zero-order valence-corrected chi connectivity index (χ0v) is 16.4. The Kier molecular flexibility index (Phi) is 5.63. The summed E-state index contributed by atoms with van der Waals surface area (Å²) < 4.78 is 14.6. The van der Waals surface area contributed by atoms with Crippen LogP contribution in [0.3, 0.4) is 0 Å². The fraction of sp³-hybridized carbons (Fsp3) is 0.125. The van der Waals surface area contributed by atoms with Gasteiger partial charge in [0.25, 0.3) is 0 Å². The number of amides is 1. The molecule has 4 aromatic rings. The molecule has 1 aromatic heterocycles. The number of rotatable bonds is 6. The van der Waals surface area contributed by atoms with Gasteiger partial charge in [-0.1, -0.05) is 60.1 Å². The highest BCUT2D eigenvalue weighted by atomic mass is 35.5. The predicted molar refractivity (Wildman–Crippen MR) is 114 cm³/mol. The molecule has 0 fully saturated rings. The molecular formula is C24H20ClFN2O. The van der Waals surface area contributed by atoms with E-state index in [1.807, 2.05) is 48.7 Å². The van der Waals surface area contributed by atoms with Crippen molar-refractivity contribution in [2.45, 2.75) is 18.9 Å². The zero-order chi connectivity index (χ0) is 20.2. The van der Waals surface area contributed by atoms with Gasteiger partial charge in [-0.3, -0.25) is 4.79 Å². The van der Waals surface area contributed by atoms with E-state index >= 15 is 0 Å². The zero-order valence-electron chi connectivity index (χ0n) is 15.7. The number of aromatic amines is 1. The van der Waals surface area contributed by atoms with Crippen molar-refractivity contribution in [3.05, 3.63) is 107 Å². The summed E-state index contributed by atoms with van der Waals surface area (Å²) in [7, 11) is 0. The van der Waals surface area contributed by atoms with Crippen molar-refractivity contribution in [2.24, 2.45) is 0 Å². The summed E-state index contributed by atoms with van der Waals surface area (Å²) in [6.45, 7) is 0.434. The molecule has 0 aliphatic heterocycles. The Balaban J connectivity index is 1.65. The minimum Gasteiger partial charge on any atom is -0.361 e. The molecule has 3 aromatic carbocycles. The monoisotopic (exact) mass is 406 g/mol. The number of hydrogen-bond donors (Lipinski definition) is 2. The minimum atomic E-state index is -0.431. The van der Waals surface area contributed by atoms with Crippen molar-refractivity contribution < 1.29 is 9.18 Å². The van der Waals surface area contributed by atoms with E-state index in [9.17, 15) is 9.18 Å². The van der Waals surface area contributed by atoms with E-state index in [-0.39, 0.29) is 18.1 Å². The number of fused-ring (bicyclic) bond motifs is 1. The lowest BCUT2D eigenvalue weighted by Crippen LogP contribution is -2.25. The molecule has 5 heteroatoms. The van der Waals surface area contributed by atoms with E-state index in [1.54, 1.807) is 24.3 Å². The Morgan fingerprint density at radius 1 is 1.00 bits per heavy atom. The molecule has 146 valence electrons. The van der Waals surface area contributed by atoms with Crippen molar-refractivity contribution in [1.82, 2.24) is 10.3 Å². The van der Waals surface area contributed by atoms with Gasteiger partial charge in [0.05, 0.1) is 0 Å². The molecule has 0 unspecified atom stereocenters. The fourth-order valence-electron chi connectivity index (χ4n) is 3.60. The summed E-state index contributed by atoms with van der Waals surface area (Å²) in [6.07, 6.45) is 1.97. The van der Waals surface area contributed by atoms with Gasteiger partial charge in [0.2, 0.25) is 5.91 Å². The van der Waals surface area contributed by atoms with Crippen LogP contribution in [0.25, 0.3) is 10.9 Å². The highest BCUT2D eigenvalue weighted by Gasteiger charge is 2.24. The van der Waals surface area contributed by atoms with Gasteiger partial charge in [-0.15, -0.1) is 0 Å². The van der Waals surface area contributed by atoms with Gasteiger partial charge in [0.1, 0.15) is 5.82 Å². The van der Waals surface area contributed by atoms with Crippen LogP contribution in [0.15, 0.2) is 79.0 Å². The Morgan fingerprint density at radius 2 is 1.76 bits per heavy atom. The van der Waals surface area contributed by atoms with Crippen molar-refractivity contribution in [3.8, 4) is 0 Å². The van der Waals surface area contributed by atoms with E-state index in [1.165, 1.54) is 6.07 Å². The van der Waals surface area contributed by atoms with E-state index in [4.69, 9.17) is 11.6 Å². The second kappa shape index (κ2) is 8.50. The Morgan fingerprint density at radius 3 is 2.55 bits per heavy atom. The predicted octanol–water partition coefficient (Wildman–Crippen LogP) is 5.80. The molecule has 0 saturated heterocycles. The fourth-order valence-corrected chi connectivity index (χ4v) is 3.77. The number of benzene rings is 3. The van der Waals surface area contributed by atoms with Crippen LogP contribution in [0, 0.1) is 5.82 Å². The van der Waals surface area contributed by atoms with Gasteiger partial charge in [-0.05, 0) is 41.0 Å². The van der Waals surface area contributed by atoms with E-state index < -0.39 is 5.92 Å². The average molecular weight is 407 g/mol. The first kappa shape index (κ1) is 19.2. The topological polar surface area (TPSA) is 44.9 Å². The molecule has 3 nitrogen and oxygen atoms in total. The minimum absolute atomic E-state index is 0.132. The smallest absolute Gasteiger partial charge is 0.221 e. The van der Waals surface area contributed by atoms with Crippen molar-refractivity contribution in [1.29, 1.82) is 0 Å². The molecule has 0 aliphatic rings. The molecule has 0 bridgehead atoms. The van der Waals surface area contributed by atoms with E-state index in [0.717, 1.165) is 22.0 Å². The Hall–Kier alpha value is -3.11. The Bertz CT molecular complexity index is 1140. The molecular weight excluding hydrogens is 387 g/mol. The lowest BCUT2D eigenvalue weighted by Gasteiger charge is -2.18. The third-order valence-corrected chi connectivity index (χ3v) is 5.29. The Labute approximate surface area is 173 Å². The number of nitrogens with one attached hydrogen (secondary N) is 2. The summed E-state index contributed by atoms with van der Waals surface area (Å²) in [5.74, 6) is -0.901. The number of hydrogen-bond acceptors (Lipinski definition) is 1. The number of halogens is 2. The number of carbonyl (C=O) groups is 1. The molecule has 2 N–H and O–H groups in total. The normalized spacial score (nSPS) is 12.1. The standard InChI is InChI=1S/C24H20ClFN2O/c25-17-10-11-23-20(12-17)21(15-27-23)19(18-8-4-5-9-22(18)26)13-24(29)28-14-16-6-2-1-3-7-16/h1-12,15,19,27H,13-14H2,(H,28,29)/t19-/m1/s1. The van der Waals surface area contributed by atoms with Gasteiger partial charge < -0.3 is 10.3 Å². The van der Waals surface area contributed by atoms with Gasteiger partial charge in [0.15, 0.2) is 0 Å². The van der Waals surface area contributed by atoms with Crippen molar-refractivity contribution >= 4 is 28.4 Å². The maximum Gasteiger partial charge on any atom is 0.221 e. The molecule has 0 radical (unpaired) electrons. The average Bonchev–Trinajstić information content (AvgIpc) is 3.15. The molecule has 29 heavy (non-hydrogen) atoms. The third kappa shape index (κ3) is 4.33. The summed E-state index contributed by atoms with van der Waals surface area (Å²) >= 11 is 6.19. The molecule has 1 heterocycles. The maximum absolute atomic E-state index is 14.6. The van der Waals surface area contributed by atoms with Crippen LogP contribution in [-0.2, 0) is 11.3 Å². The van der Waals surface area contributed by atoms with Gasteiger partial charge in [-0.2, -0.15) is 0 Å². The summed E-state index contributed by atoms with van der Waals surface area (Å²) in [6, 6.07) is 21.8. The van der Waals surface area contributed by atoms with Crippen molar-refractivity contribution in [3.63, 3.8) is 0 Å². The molecule has 0 spiro atoms. The van der Waals surface area contributed by atoms with Crippen LogP contribution in [0.2, 0.25) is 5.02 Å². The van der Waals surface area contributed by atoms with E-state index in [0.29, 0.717) is 17.1 Å². The van der Waals surface area contributed by atoms with Crippen LogP contribution in [0.5, 0.6) is 0 Å². The summed E-state index contributed by atoms with van der Waals surface area (Å²) in [5.41, 5.74) is 3.25. The van der Waals surface area contributed by atoms with Gasteiger partial charge in [-0.25, -0.2) is 4.39 Å². The highest BCUT2D eigenvalue weighted by molar-refractivity contribution is 6.31. The largest absolute Gasteiger partial charge is 0.361 e. The SMILES string of the molecule is O=C(C[C@H](c1ccccc1F)c1c[nH]c2ccc(Cl)cc12)NCc1ccccc1. The number of aromatic nitrogens is 1. The first-order valence-electron chi connectivity index (χ1n) is 9.43. The van der Waals surface area contributed by atoms with Crippen LogP contribution in [0.1, 0.15) is 29.0 Å². The lowest BCUT2D eigenvalue weighted by atomic mass is 9.87. The van der Waals surface area contributed by atoms with Crippen molar-refractivity contribution in [2.75, 3.05) is 0 Å². The van der Waals surface area contributed by atoms with Crippen LogP contribution in [0.4, 0.5) is 4.39 Å². The summed E-state index contributed by atoms with van der Waals surface area (Å²) in [4.78, 5) is 15.9. The molecule has 0 aliphatic carbocycles. The highest BCUT2D eigenvalue weighted by Crippen LogP contribution is 2.35. The molecule has 4 rings (SSSR count). The lowest BCUT2D eigenvalue weighted by molar-refractivity contribution is -0.121. The van der Waals surface area contributed by atoms with Crippen LogP contribution in [-0.4, -0.2) is 10.9 Å². The van der Waals surface area contributed by atoms with Crippen LogP contribution >= 0.6 is 11.6 Å².